The van der Waals surface area contributed by atoms with Crippen LogP contribution in [0.2, 0.25) is 0 Å². The minimum atomic E-state index is -3.15. The van der Waals surface area contributed by atoms with Crippen LogP contribution in [0.5, 0.6) is 0 Å². The predicted molar refractivity (Wildman–Crippen MR) is 86.0 cm³/mol. The van der Waals surface area contributed by atoms with E-state index in [1.807, 2.05) is 12.1 Å². The number of sulfonamides is 1. The van der Waals surface area contributed by atoms with Gasteiger partial charge in [0, 0.05) is 33.2 Å². The van der Waals surface area contributed by atoms with Crippen molar-refractivity contribution in [2.45, 2.75) is 19.4 Å². The van der Waals surface area contributed by atoms with Crippen molar-refractivity contribution in [3.8, 4) is 0 Å². The highest BCUT2D eigenvalue weighted by Gasteiger charge is 2.19. The van der Waals surface area contributed by atoms with Gasteiger partial charge in [0.2, 0.25) is 10.0 Å². The van der Waals surface area contributed by atoms with Crippen LogP contribution in [0.3, 0.4) is 0 Å². The van der Waals surface area contributed by atoms with E-state index in [4.69, 9.17) is 0 Å². The number of nitrogens with zero attached hydrogens (tertiary/aromatic N) is 2. The smallest absolute Gasteiger partial charge is 0.317 e. The van der Waals surface area contributed by atoms with Gasteiger partial charge < -0.3 is 10.2 Å². The molecule has 0 fully saturated rings. The Balaban J connectivity index is 1.75. The summed E-state index contributed by atoms with van der Waals surface area (Å²) in [6, 6.07) is 8.08. The number of hydrogen-bond donors (Lipinski definition) is 1. The molecule has 1 aliphatic heterocycles. The lowest BCUT2D eigenvalue weighted by atomic mass is 10.0. The topological polar surface area (TPSA) is 69.7 Å². The normalized spacial score (nSPS) is 14.8. The number of amides is 2. The van der Waals surface area contributed by atoms with Gasteiger partial charge in [0.05, 0.1) is 6.26 Å². The number of rotatable bonds is 5. The van der Waals surface area contributed by atoms with Crippen LogP contribution in [-0.2, 0) is 23.0 Å². The molecule has 1 aliphatic rings. The molecule has 7 heteroatoms. The predicted octanol–water partition coefficient (Wildman–Crippen LogP) is 1.04. The molecule has 0 unspecified atom stereocenters. The minimum absolute atomic E-state index is 0.0866. The highest BCUT2D eigenvalue weighted by atomic mass is 32.2. The summed E-state index contributed by atoms with van der Waals surface area (Å²) in [5, 5.41) is 2.86. The van der Waals surface area contributed by atoms with Crippen LogP contribution in [0.1, 0.15) is 17.5 Å². The zero-order valence-corrected chi connectivity index (χ0v) is 13.9. The summed E-state index contributed by atoms with van der Waals surface area (Å²) >= 11 is 0. The second-order valence-corrected chi connectivity index (χ2v) is 7.70. The first-order valence-corrected chi connectivity index (χ1v) is 9.23. The van der Waals surface area contributed by atoms with Gasteiger partial charge in [-0.3, -0.25) is 0 Å². The van der Waals surface area contributed by atoms with Gasteiger partial charge in [-0.2, -0.15) is 0 Å². The Bertz CT molecular complexity index is 631. The van der Waals surface area contributed by atoms with Gasteiger partial charge in [-0.25, -0.2) is 17.5 Å². The van der Waals surface area contributed by atoms with Crippen LogP contribution in [0.25, 0.3) is 0 Å². The van der Waals surface area contributed by atoms with Gasteiger partial charge in [0.25, 0.3) is 0 Å². The molecule has 0 aliphatic carbocycles. The van der Waals surface area contributed by atoms with E-state index < -0.39 is 10.0 Å². The van der Waals surface area contributed by atoms with Crippen molar-refractivity contribution in [1.82, 2.24) is 14.5 Å². The molecule has 2 amide bonds. The summed E-state index contributed by atoms with van der Waals surface area (Å²) < 4.78 is 23.8. The van der Waals surface area contributed by atoms with E-state index in [2.05, 4.69) is 17.4 Å². The Morgan fingerprint density at radius 1 is 1.32 bits per heavy atom. The highest BCUT2D eigenvalue weighted by Crippen LogP contribution is 2.18. The van der Waals surface area contributed by atoms with Crippen molar-refractivity contribution in [2.75, 3.05) is 32.9 Å². The first kappa shape index (κ1) is 16.8. The first-order valence-electron chi connectivity index (χ1n) is 7.39. The molecular weight excluding hydrogens is 302 g/mol. The maximum Gasteiger partial charge on any atom is 0.317 e. The van der Waals surface area contributed by atoms with E-state index in [1.165, 1.54) is 21.7 Å². The van der Waals surface area contributed by atoms with Gasteiger partial charge in [0.15, 0.2) is 0 Å². The molecule has 1 aromatic carbocycles. The van der Waals surface area contributed by atoms with E-state index >= 15 is 0 Å². The van der Waals surface area contributed by atoms with Crippen LogP contribution in [0.15, 0.2) is 24.3 Å². The molecule has 0 aromatic heterocycles. The van der Waals surface area contributed by atoms with Crippen molar-refractivity contribution in [3.05, 3.63) is 35.4 Å². The first-order chi connectivity index (χ1) is 10.4. The average Bonchev–Trinajstić information content (AvgIpc) is 2.49. The molecule has 122 valence electrons. The van der Waals surface area contributed by atoms with Crippen molar-refractivity contribution >= 4 is 16.1 Å². The van der Waals surface area contributed by atoms with E-state index in [0.717, 1.165) is 6.42 Å². The number of carbonyl (C=O) groups is 1. The van der Waals surface area contributed by atoms with Crippen molar-refractivity contribution in [3.63, 3.8) is 0 Å². The van der Waals surface area contributed by atoms with Crippen LogP contribution < -0.4 is 5.32 Å². The molecule has 0 spiro atoms. The fourth-order valence-electron chi connectivity index (χ4n) is 2.44. The lowest BCUT2D eigenvalue weighted by Crippen LogP contribution is -2.43. The lowest BCUT2D eigenvalue weighted by molar-refractivity contribution is 0.192. The molecule has 1 aromatic rings. The maximum atomic E-state index is 12.1. The number of urea groups is 1. The van der Waals surface area contributed by atoms with E-state index in [1.54, 1.807) is 11.9 Å². The van der Waals surface area contributed by atoms with E-state index in [0.29, 0.717) is 32.6 Å². The molecule has 0 saturated heterocycles. The number of fused-ring (bicyclic) bond motifs is 1. The second kappa shape index (κ2) is 7.11. The number of hydrogen-bond acceptors (Lipinski definition) is 3. The van der Waals surface area contributed by atoms with Gasteiger partial charge in [-0.15, -0.1) is 0 Å². The number of benzene rings is 1. The fraction of sp³-hybridized carbons (Fsp3) is 0.533. The zero-order valence-electron chi connectivity index (χ0n) is 13.1. The summed E-state index contributed by atoms with van der Waals surface area (Å²) in [6.07, 6.45) is 2.65. The van der Waals surface area contributed by atoms with Gasteiger partial charge in [-0.05, 0) is 24.0 Å². The lowest BCUT2D eigenvalue weighted by Gasteiger charge is -2.29. The molecule has 2 rings (SSSR count). The standard InChI is InChI=1S/C15H23N3O3S/c1-17(22(2,20)21)10-5-9-16-15(19)18-11-8-13-6-3-4-7-14(13)12-18/h3-4,6-7H,5,8-12H2,1-2H3,(H,16,19). The van der Waals surface area contributed by atoms with Crippen LogP contribution in [0, 0.1) is 0 Å². The number of carbonyl (C=O) groups excluding carboxylic acids is 1. The molecule has 22 heavy (non-hydrogen) atoms. The molecule has 0 atom stereocenters. The molecule has 1 N–H and O–H groups in total. The largest absolute Gasteiger partial charge is 0.338 e. The maximum absolute atomic E-state index is 12.1. The molecule has 0 bridgehead atoms. The highest BCUT2D eigenvalue weighted by molar-refractivity contribution is 7.88. The minimum Gasteiger partial charge on any atom is -0.338 e. The van der Waals surface area contributed by atoms with Crippen LogP contribution >= 0.6 is 0 Å². The average molecular weight is 325 g/mol. The number of nitrogens with one attached hydrogen (secondary N) is 1. The van der Waals surface area contributed by atoms with Crippen LogP contribution in [0.4, 0.5) is 4.79 Å². The molecule has 0 radical (unpaired) electrons. The Hall–Kier alpha value is -1.60. The molecule has 0 saturated carbocycles. The summed E-state index contributed by atoms with van der Waals surface area (Å²) in [5.41, 5.74) is 2.50. The van der Waals surface area contributed by atoms with Gasteiger partial charge >= 0.3 is 6.03 Å². The Morgan fingerprint density at radius 2 is 2.00 bits per heavy atom. The Kier molecular flexibility index (Phi) is 5.42. The Labute approximate surface area is 132 Å². The summed E-state index contributed by atoms with van der Waals surface area (Å²) in [7, 11) is -1.61. The second-order valence-electron chi connectivity index (χ2n) is 5.61. The van der Waals surface area contributed by atoms with E-state index in [9.17, 15) is 13.2 Å². The van der Waals surface area contributed by atoms with Crippen molar-refractivity contribution in [2.24, 2.45) is 0 Å². The molecule has 6 nitrogen and oxygen atoms in total. The quantitative estimate of drug-likeness (QED) is 0.822. The summed E-state index contributed by atoms with van der Waals surface area (Å²) in [6.45, 7) is 2.22. The van der Waals surface area contributed by atoms with Gasteiger partial charge in [-0.1, -0.05) is 24.3 Å². The van der Waals surface area contributed by atoms with E-state index in [-0.39, 0.29) is 6.03 Å². The fourth-order valence-corrected chi connectivity index (χ4v) is 2.90. The van der Waals surface area contributed by atoms with Gasteiger partial charge in [0.1, 0.15) is 0 Å². The Morgan fingerprint density at radius 3 is 2.68 bits per heavy atom. The third-order valence-corrected chi connectivity index (χ3v) is 5.22. The van der Waals surface area contributed by atoms with Crippen LogP contribution in [-0.4, -0.2) is 56.6 Å². The zero-order chi connectivity index (χ0) is 16.2. The monoisotopic (exact) mass is 325 g/mol. The SMILES string of the molecule is CN(CCCNC(=O)N1CCc2ccccc2C1)S(C)(=O)=O. The molecule has 1 heterocycles. The molecular formula is C15H23N3O3S. The summed E-state index contributed by atoms with van der Waals surface area (Å²) in [5.74, 6) is 0. The third kappa shape index (κ3) is 4.45. The van der Waals surface area contributed by atoms with Crippen molar-refractivity contribution in [1.29, 1.82) is 0 Å². The third-order valence-electron chi connectivity index (χ3n) is 3.91. The summed E-state index contributed by atoms with van der Waals surface area (Å²) in [4.78, 5) is 13.9. The van der Waals surface area contributed by atoms with Crippen molar-refractivity contribution < 1.29 is 13.2 Å².